The van der Waals surface area contributed by atoms with Crippen LogP contribution in [0.15, 0.2) is 24.3 Å². The van der Waals surface area contributed by atoms with Crippen LogP contribution in [0.25, 0.3) is 0 Å². The first-order valence-corrected chi connectivity index (χ1v) is 7.13. The van der Waals surface area contributed by atoms with Gasteiger partial charge in [-0.2, -0.15) is 5.26 Å². The highest BCUT2D eigenvalue weighted by molar-refractivity contribution is 5.37. The van der Waals surface area contributed by atoms with Crippen LogP contribution in [0.5, 0.6) is 0 Å². The normalized spacial score (nSPS) is 13.7. The Morgan fingerprint density at radius 2 is 2.15 bits per heavy atom. The summed E-state index contributed by atoms with van der Waals surface area (Å²) in [6.07, 6.45) is 3.61. The third-order valence-corrected chi connectivity index (χ3v) is 3.36. The van der Waals surface area contributed by atoms with Gasteiger partial charge in [-0.05, 0) is 30.5 Å². The van der Waals surface area contributed by atoms with Crippen molar-refractivity contribution in [3.8, 4) is 17.9 Å². The molecule has 1 aromatic rings. The van der Waals surface area contributed by atoms with Gasteiger partial charge in [-0.25, -0.2) is 0 Å². The largest absolute Gasteiger partial charge is 0.395 e. The number of hydrogen-bond acceptors (Lipinski definition) is 3. The molecule has 0 heterocycles. The van der Waals surface area contributed by atoms with Gasteiger partial charge >= 0.3 is 0 Å². The number of nitrogens with zero attached hydrogens (tertiary/aromatic N) is 2. The van der Waals surface area contributed by atoms with E-state index in [-0.39, 0.29) is 6.61 Å². The summed E-state index contributed by atoms with van der Waals surface area (Å²) in [6, 6.07) is 11.1. The van der Waals surface area contributed by atoms with Crippen LogP contribution >= 0.6 is 0 Å². The molecule has 104 valence electrons. The van der Waals surface area contributed by atoms with E-state index < -0.39 is 0 Å². The standard InChI is InChI=1S/C17H20N2O/c18-10-4-11-19(17-8-9-17)14-16-7-3-6-15(13-16)5-1-2-12-20/h3,6-7,13,17,20H,2,4,8-9,11-12,14H2. The highest BCUT2D eigenvalue weighted by Gasteiger charge is 2.28. The molecule has 1 aromatic carbocycles. The zero-order chi connectivity index (χ0) is 14.2. The van der Waals surface area contributed by atoms with Gasteiger partial charge < -0.3 is 5.11 Å². The van der Waals surface area contributed by atoms with Crippen molar-refractivity contribution >= 4 is 0 Å². The van der Waals surface area contributed by atoms with Gasteiger partial charge in [0.15, 0.2) is 0 Å². The third kappa shape index (κ3) is 4.70. The first-order valence-electron chi connectivity index (χ1n) is 7.13. The van der Waals surface area contributed by atoms with Crippen LogP contribution in [-0.4, -0.2) is 29.2 Å². The number of rotatable bonds is 6. The highest BCUT2D eigenvalue weighted by atomic mass is 16.2. The molecule has 20 heavy (non-hydrogen) atoms. The van der Waals surface area contributed by atoms with E-state index >= 15 is 0 Å². The Balaban J connectivity index is 1.99. The van der Waals surface area contributed by atoms with Gasteiger partial charge in [0.25, 0.3) is 0 Å². The first-order chi connectivity index (χ1) is 9.83. The van der Waals surface area contributed by atoms with E-state index in [2.05, 4.69) is 34.9 Å². The summed E-state index contributed by atoms with van der Waals surface area (Å²) in [5.41, 5.74) is 2.23. The van der Waals surface area contributed by atoms with E-state index in [9.17, 15) is 0 Å². The fourth-order valence-electron chi connectivity index (χ4n) is 2.23. The van der Waals surface area contributed by atoms with Gasteiger partial charge in [0, 0.05) is 37.5 Å². The molecule has 0 radical (unpaired) electrons. The van der Waals surface area contributed by atoms with Gasteiger partial charge in [0.1, 0.15) is 0 Å². The van der Waals surface area contributed by atoms with Crippen LogP contribution < -0.4 is 0 Å². The molecule has 0 saturated heterocycles. The maximum atomic E-state index is 8.73. The molecule has 1 N–H and O–H groups in total. The molecule has 2 rings (SSSR count). The van der Waals surface area contributed by atoms with Crippen molar-refractivity contribution in [3.05, 3.63) is 35.4 Å². The molecule has 0 unspecified atom stereocenters. The van der Waals surface area contributed by atoms with Crippen molar-refractivity contribution in [1.82, 2.24) is 4.90 Å². The molecule has 0 amide bonds. The monoisotopic (exact) mass is 268 g/mol. The molecular formula is C17H20N2O. The van der Waals surface area contributed by atoms with Crippen molar-refractivity contribution in [2.24, 2.45) is 0 Å². The Morgan fingerprint density at radius 1 is 1.30 bits per heavy atom. The topological polar surface area (TPSA) is 47.3 Å². The number of benzene rings is 1. The van der Waals surface area contributed by atoms with Crippen molar-refractivity contribution in [2.75, 3.05) is 13.2 Å². The number of nitriles is 1. The zero-order valence-corrected chi connectivity index (χ0v) is 11.7. The van der Waals surface area contributed by atoms with E-state index in [0.29, 0.717) is 18.9 Å². The minimum Gasteiger partial charge on any atom is -0.395 e. The zero-order valence-electron chi connectivity index (χ0n) is 11.7. The van der Waals surface area contributed by atoms with Gasteiger partial charge in [0.2, 0.25) is 0 Å². The van der Waals surface area contributed by atoms with E-state index in [0.717, 1.165) is 18.7 Å². The number of aliphatic hydroxyl groups excluding tert-OH is 1. The molecule has 1 aliphatic rings. The molecule has 0 spiro atoms. The Kier molecular flexibility index (Phi) is 5.62. The number of hydrogen-bond donors (Lipinski definition) is 1. The van der Waals surface area contributed by atoms with Crippen molar-refractivity contribution in [1.29, 1.82) is 5.26 Å². The summed E-state index contributed by atoms with van der Waals surface area (Å²) in [5, 5.41) is 17.5. The van der Waals surface area contributed by atoms with Crippen molar-refractivity contribution < 1.29 is 5.11 Å². The van der Waals surface area contributed by atoms with Crippen molar-refractivity contribution in [2.45, 2.75) is 38.3 Å². The molecule has 0 aliphatic heterocycles. The lowest BCUT2D eigenvalue weighted by atomic mass is 10.1. The Bertz CT molecular complexity index is 532. The van der Waals surface area contributed by atoms with Gasteiger partial charge in [-0.3, -0.25) is 4.90 Å². The Morgan fingerprint density at radius 3 is 2.85 bits per heavy atom. The highest BCUT2D eigenvalue weighted by Crippen LogP contribution is 2.28. The predicted molar refractivity (Wildman–Crippen MR) is 78.7 cm³/mol. The minimum atomic E-state index is 0.107. The van der Waals surface area contributed by atoms with E-state index in [4.69, 9.17) is 10.4 Å². The van der Waals surface area contributed by atoms with Crippen LogP contribution in [0.2, 0.25) is 0 Å². The fourth-order valence-corrected chi connectivity index (χ4v) is 2.23. The van der Waals surface area contributed by atoms with Gasteiger partial charge in [-0.15, -0.1) is 0 Å². The Hall–Kier alpha value is -1.81. The minimum absolute atomic E-state index is 0.107. The first kappa shape index (κ1) is 14.6. The maximum absolute atomic E-state index is 8.73. The summed E-state index contributed by atoms with van der Waals surface area (Å²) >= 11 is 0. The average molecular weight is 268 g/mol. The summed E-state index contributed by atoms with van der Waals surface area (Å²) in [5.74, 6) is 6.01. The van der Waals surface area contributed by atoms with Crippen molar-refractivity contribution in [3.63, 3.8) is 0 Å². The molecule has 0 bridgehead atoms. The lowest BCUT2D eigenvalue weighted by Gasteiger charge is -2.20. The quantitative estimate of drug-likeness (QED) is 0.805. The summed E-state index contributed by atoms with van der Waals surface area (Å²) < 4.78 is 0. The van der Waals surface area contributed by atoms with Gasteiger partial charge in [-0.1, -0.05) is 24.0 Å². The SMILES string of the molecule is N#CCCN(Cc1cccc(C#CCCO)c1)C1CC1. The lowest BCUT2D eigenvalue weighted by molar-refractivity contribution is 0.261. The molecule has 3 heteroatoms. The maximum Gasteiger partial charge on any atom is 0.0635 e. The third-order valence-electron chi connectivity index (χ3n) is 3.36. The Labute approximate surface area is 120 Å². The summed E-state index contributed by atoms with van der Waals surface area (Å²) in [4.78, 5) is 2.39. The van der Waals surface area contributed by atoms with Crippen LogP contribution in [-0.2, 0) is 6.54 Å². The van der Waals surface area contributed by atoms with Crippen LogP contribution in [0.4, 0.5) is 0 Å². The molecule has 1 saturated carbocycles. The molecule has 1 aliphatic carbocycles. The second-order valence-electron chi connectivity index (χ2n) is 5.09. The smallest absolute Gasteiger partial charge is 0.0635 e. The summed E-state index contributed by atoms with van der Waals surface area (Å²) in [7, 11) is 0. The second kappa shape index (κ2) is 7.70. The molecular weight excluding hydrogens is 248 g/mol. The molecule has 1 fully saturated rings. The van der Waals surface area contributed by atoms with Crippen LogP contribution in [0.1, 0.15) is 36.8 Å². The van der Waals surface area contributed by atoms with E-state index in [1.807, 2.05) is 12.1 Å². The molecule has 3 nitrogen and oxygen atoms in total. The number of aliphatic hydroxyl groups is 1. The fraction of sp³-hybridized carbons (Fsp3) is 0.471. The summed E-state index contributed by atoms with van der Waals surface area (Å²) in [6.45, 7) is 1.85. The average Bonchev–Trinajstić information content (AvgIpc) is 3.29. The van der Waals surface area contributed by atoms with Crippen LogP contribution in [0.3, 0.4) is 0 Å². The van der Waals surface area contributed by atoms with E-state index in [1.165, 1.54) is 18.4 Å². The lowest BCUT2D eigenvalue weighted by Crippen LogP contribution is -2.26. The predicted octanol–water partition coefficient (Wildman–Crippen LogP) is 2.30. The van der Waals surface area contributed by atoms with Crippen LogP contribution in [0, 0.1) is 23.2 Å². The molecule has 0 atom stereocenters. The van der Waals surface area contributed by atoms with Gasteiger partial charge in [0.05, 0.1) is 12.7 Å². The second-order valence-corrected chi connectivity index (χ2v) is 5.09. The van der Waals surface area contributed by atoms with E-state index in [1.54, 1.807) is 0 Å². The molecule has 0 aromatic heterocycles.